The number of amides is 1. The molecule has 29 heavy (non-hydrogen) atoms. The molecule has 152 valence electrons. The number of imidazole rings is 1. The maximum absolute atomic E-state index is 13.4. The van der Waals surface area contributed by atoms with Crippen LogP contribution in [0, 0.1) is 13.8 Å². The summed E-state index contributed by atoms with van der Waals surface area (Å²) in [5.74, 6) is 1.78. The van der Waals surface area contributed by atoms with E-state index in [0.29, 0.717) is 24.0 Å². The van der Waals surface area contributed by atoms with Gasteiger partial charge in [0.2, 0.25) is 0 Å². The maximum atomic E-state index is 13.4. The van der Waals surface area contributed by atoms with Crippen molar-refractivity contribution in [3.8, 4) is 0 Å². The molecule has 6 nitrogen and oxygen atoms in total. The first-order valence-corrected chi connectivity index (χ1v) is 10.4. The molecule has 0 radical (unpaired) electrons. The van der Waals surface area contributed by atoms with Gasteiger partial charge in [-0.3, -0.25) is 4.79 Å². The molecule has 3 heterocycles. The predicted octanol–water partition coefficient (Wildman–Crippen LogP) is 4.23. The fraction of sp³-hybridized carbons (Fsp3) is 0.435. The van der Waals surface area contributed by atoms with Crippen LogP contribution in [0.2, 0.25) is 0 Å². The number of hydrogen-bond acceptors (Lipinski definition) is 4. The molecular formula is C23H29N5O. The van der Waals surface area contributed by atoms with Gasteiger partial charge in [-0.05, 0) is 58.2 Å². The smallest absolute Gasteiger partial charge is 0.254 e. The van der Waals surface area contributed by atoms with Crippen LogP contribution in [0.15, 0.2) is 30.5 Å². The number of para-hydroxylation sites is 2. The SMILES string of the molecule is Cc1cnc(N)c(C)c1C(=O)N1CCCC(c2nc3ccccc3n2C(C)C)C1. The number of carbonyl (C=O) groups is 1. The average Bonchev–Trinajstić information content (AvgIpc) is 3.11. The third kappa shape index (κ3) is 3.37. The first-order valence-electron chi connectivity index (χ1n) is 10.4. The van der Waals surface area contributed by atoms with E-state index in [2.05, 4.69) is 41.6 Å². The van der Waals surface area contributed by atoms with Crippen molar-refractivity contribution in [1.29, 1.82) is 0 Å². The van der Waals surface area contributed by atoms with Crippen LogP contribution in [0.5, 0.6) is 0 Å². The molecule has 1 saturated heterocycles. The number of fused-ring (bicyclic) bond motifs is 1. The summed E-state index contributed by atoms with van der Waals surface area (Å²) in [4.78, 5) is 24.5. The number of nitrogens with zero attached hydrogens (tertiary/aromatic N) is 4. The minimum atomic E-state index is 0.0472. The van der Waals surface area contributed by atoms with Crippen LogP contribution in [0.4, 0.5) is 5.82 Å². The molecule has 3 aromatic rings. The van der Waals surface area contributed by atoms with E-state index in [0.717, 1.165) is 47.4 Å². The van der Waals surface area contributed by atoms with Crippen LogP contribution in [0.1, 0.15) is 66.0 Å². The Morgan fingerprint density at radius 3 is 2.76 bits per heavy atom. The fourth-order valence-electron chi connectivity index (χ4n) is 4.50. The number of aryl methyl sites for hydroxylation is 1. The molecule has 6 heteroatoms. The Balaban J connectivity index is 1.68. The Labute approximate surface area is 171 Å². The zero-order valence-electron chi connectivity index (χ0n) is 17.6. The normalized spacial score (nSPS) is 17.3. The van der Waals surface area contributed by atoms with Crippen LogP contribution in [-0.2, 0) is 0 Å². The number of nitrogen functional groups attached to an aromatic ring is 1. The lowest BCUT2D eigenvalue weighted by molar-refractivity contribution is 0.0701. The van der Waals surface area contributed by atoms with Crippen LogP contribution >= 0.6 is 0 Å². The summed E-state index contributed by atoms with van der Waals surface area (Å²) in [6, 6.07) is 8.59. The fourth-order valence-corrected chi connectivity index (χ4v) is 4.50. The zero-order valence-corrected chi connectivity index (χ0v) is 17.6. The lowest BCUT2D eigenvalue weighted by Gasteiger charge is -2.34. The van der Waals surface area contributed by atoms with Gasteiger partial charge in [-0.1, -0.05) is 12.1 Å². The highest BCUT2D eigenvalue weighted by molar-refractivity contribution is 5.98. The van der Waals surface area contributed by atoms with Crippen LogP contribution < -0.4 is 5.73 Å². The Hall–Kier alpha value is -2.89. The van der Waals surface area contributed by atoms with Gasteiger partial charge in [-0.2, -0.15) is 0 Å². The third-order valence-corrected chi connectivity index (χ3v) is 5.98. The van der Waals surface area contributed by atoms with Gasteiger partial charge in [0.1, 0.15) is 11.6 Å². The van der Waals surface area contributed by atoms with Gasteiger partial charge in [-0.15, -0.1) is 0 Å². The zero-order chi connectivity index (χ0) is 20.7. The van der Waals surface area contributed by atoms with Gasteiger partial charge in [0.05, 0.1) is 16.6 Å². The predicted molar refractivity (Wildman–Crippen MR) is 116 cm³/mol. The number of aromatic nitrogens is 3. The molecule has 1 aliphatic heterocycles. The van der Waals surface area contributed by atoms with E-state index in [-0.39, 0.29) is 11.8 Å². The summed E-state index contributed by atoms with van der Waals surface area (Å²) in [6.07, 6.45) is 3.70. The van der Waals surface area contributed by atoms with Crippen molar-refractivity contribution in [3.63, 3.8) is 0 Å². The molecule has 0 spiro atoms. The van der Waals surface area contributed by atoms with Crippen molar-refractivity contribution in [2.24, 2.45) is 0 Å². The van der Waals surface area contributed by atoms with Gasteiger partial charge in [0.25, 0.3) is 5.91 Å². The molecule has 2 N–H and O–H groups in total. The first-order chi connectivity index (χ1) is 13.9. The summed E-state index contributed by atoms with van der Waals surface area (Å²) in [7, 11) is 0. The standard InChI is InChI=1S/C23H29N5O/c1-14(2)28-19-10-6-5-9-18(19)26-22(28)17-8-7-11-27(13-17)23(29)20-15(3)12-25-21(24)16(20)4/h5-6,9-10,12,14,17H,7-8,11,13H2,1-4H3,(H2,24,25). The molecule has 1 fully saturated rings. The second kappa shape index (κ2) is 7.50. The molecule has 1 aliphatic rings. The molecular weight excluding hydrogens is 362 g/mol. The Morgan fingerprint density at radius 2 is 2.00 bits per heavy atom. The molecule has 1 amide bonds. The van der Waals surface area contributed by atoms with Gasteiger partial charge in [0, 0.05) is 36.8 Å². The number of pyridine rings is 1. The molecule has 1 aromatic carbocycles. The lowest BCUT2D eigenvalue weighted by atomic mass is 9.95. The van der Waals surface area contributed by atoms with Crippen molar-refractivity contribution in [1.82, 2.24) is 19.4 Å². The van der Waals surface area contributed by atoms with Crippen LogP contribution in [0.25, 0.3) is 11.0 Å². The van der Waals surface area contributed by atoms with Crippen LogP contribution in [-0.4, -0.2) is 38.4 Å². The number of nitrogens with two attached hydrogens (primary N) is 1. The van der Waals surface area contributed by atoms with Gasteiger partial charge < -0.3 is 15.2 Å². The van der Waals surface area contributed by atoms with Crippen molar-refractivity contribution in [2.75, 3.05) is 18.8 Å². The number of benzene rings is 1. The molecule has 2 aromatic heterocycles. The molecule has 0 bridgehead atoms. The van der Waals surface area contributed by atoms with E-state index in [1.165, 1.54) is 0 Å². The topological polar surface area (TPSA) is 77.0 Å². The molecule has 1 atom stereocenters. The monoisotopic (exact) mass is 391 g/mol. The van der Waals surface area contributed by atoms with E-state index >= 15 is 0 Å². The summed E-state index contributed by atoms with van der Waals surface area (Å²) < 4.78 is 2.33. The highest BCUT2D eigenvalue weighted by atomic mass is 16.2. The number of piperidine rings is 1. The Kier molecular flexibility index (Phi) is 5.03. The first kappa shape index (κ1) is 19.4. The molecule has 0 saturated carbocycles. The van der Waals surface area contributed by atoms with Crippen molar-refractivity contribution in [2.45, 2.75) is 52.5 Å². The summed E-state index contributed by atoms with van der Waals surface area (Å²) in [5.41, 5.74) is 10.5. The summed E-state index contributed by atoms with van der Waals surface area (Å²) in [6.45, 7) is 9.62. The van der Waals surface area contributed by atoms with E-state index < -0.39 is 0 Å². The Morgan fingerprint density at radius 1 is 1.24 bits per heavy atom. The maximum Gasteiger partial charge on any atom is 0.254 e. The van der Waals surface area contributed by atoms with Crippen molar-refractivity contribution < 1.29 is 4.79 Å². The van der Waals surface area contributed by atoms with Gasteiger partial charge >= 0.3 is 0 Å². The van der Waals surface area contributed by atoms with Gasteiger partial charge in [0.15, 0.2) is 0 Å². The molecule has 1 unspecified atom stereocenters. The minimum absolute atomic E-state index is 0.0472. The second-order valence-electron chi connectivity index (χ2n) is 8.34. The van der Waals surface area contributed by atoms with E-state index in [9.17, 15) is 4.79 Å². The highest BCUT2D eigenvalue weighted by Gasteiger charge is 2.31. The molecule has 0 aliphatic carbocycles. The number of carbonyl (C=O) groups excluding carboxylic acids is 1. The highest BCUT2D eigenvalue weighted by Crippen LogP contribution is 2.32. The van der Waals surface area contributed by atoms with Crippen molar-refractivity contribution in [3.05, 3.63) is 53.0 Å². The van der Waals surface area contributed by atoms with Crippen molar-refractivity contribution >= 4 is 22.8 Å². The van der Waals surface area contributed by atoms with Crippen LogP contribution in [0.3, 0.4) is 0 Å². The quantitative estimate of drug-likeness (QED) is 0.725. The van der Waals surface area contributed by atoms with E-state index in [1.807, 2.05) is 24.8 Å². The Bertz CT molecular complexity index is 1070. The lowest BCUT2D eigenvalue weighted by Crippen LogP contribution is -2.40. The molecule has 4 rings (SSSR count). The van der Waals surface area contributed by atoms with E-state index in [1.54, 1.807) is 6.20 Å². The van der Waals surface area contributed by atoms with E-state index in [4.69, 9.17) is 10.7 Å². The number of likely N-dealkylation sites (tertiary alicyclic amines) is 1. The largest absolute Gasteiger partial charge is 0.383 e. The summed E-state index contributed by atoms with van der Waals surface area (Å²) >= 11 is 0. The number of hydrogen-bond donors (Lipinski definition) is 1. The second-order valence-corrected chi connectivity index (χ2v) is 8.34. The number of rotatable bonds is 3. The van der Waals surface area contributed by atoms with Gasteiger partial charge in [-0.25, -0.2) is 9.97 Å². The average molecular weight is 392 g/mol. The summed E-state index contributed by atoms with van der Waals surface area (Å²) in [5, 5.41) is 0. The number of anilines is 1. The third-order valence-electron chi connectivity index (χ3n) is 5.98. The minimum Gasteiger partial charge on any atom is -0.383 e.